The fraction of sp³-hybridized carbons (Fsp3) is 0.533. The molecule has 0 radical (unpaired) electrons. The molecule has 0 amide bonds. The lowest BCUT2D eigenvalue weighted by molar-refractivity contribution is 0.0921. The molecule has 3 rings (SSSR count). The maximum atomic E-state index is 12.4. The van der Waals surface area contributed by atoms with E-state index in [4.69, 9.17) is 0 Å². The zero-order valence-electron chi connectivity index (χ0n) is 11.1. The van der Waals surface area contributed by atoms with Crippen molar-refractivity contribution < 1.29 is 4.79 Å². The number of rotatable bonds is 0. The highest BCUT2D eigenvalue weighted by atomic mass is 16.1. The minimum Gasteiger partial charge on any atom is -0.368 e. The van der Waals surface area contributed by atoms with Crippen molar-refractivity contribution in [3.63, 3.8) is 0 Å². The van der Waals surface area contributed by atoms with E-state index in [2.05, 4.69) is 29.4 Å². The largest absolute Gasteiger partial charge is 0.368 e. The molecule has 0 aliphatic carbocycles. The topological polar surface area (TPSA) is 32.3 Å². The van der Waals surface area contributed by atoms with Crippen molar-refractivity contribution >= 4 is 11.5 Å². The van der Waals surface area contributed by atoms with Crippen LogP contribution in [0.1, 0.15) is 35.2 Å². The maximum Gasteiger partial charge on any atom is 0.167 e. The summed E-state index contributed by atoms with van der Waals surface area (Å²) in [7, 11) is 2.14. The fourth-order valence-electron chi connectivity index (χ4n) is 3.34. The molecule has 0 atom stereocenters. The Hall–Kier alpha value is -1.35. The summed E-state index contributed by atoms with van der Waals surface area (Å²) in [5.41, 5.74) is 3.22. The van der Waals surface area contributed by atoms with Gasteiger partial charge in [-0.3, -0.25) is 4.79 Å². The van der Waals surface area contributed by atoms with Crippen LogP contribution in [0, 0.1) is 6.92 Å². The summed E-state index contributed by atoms with van der Waals surface area (Å²) in [5.74, 6) is 0.314. The van der Waals surface area contributed by atoms with Crippen molar-refractivity contribution in [1.29, 1.82) is 0 Å². The standard InChI is InChI=1S/C15H20N2O/c1-11-3-4-13-12(9-11)14(18)10-15(17(13)2)5-7-16-8-6-15/h3-4,9,16H,5-8,10H2,1-2H3. The number of carbonyl (C=O) groups excluding carboxylic acids is 1. The molecule has 0 unspecified atom stereocenters. The molecule has 18 heavy (non-hydrogen) atoms. The Bertz CT molecular complexity index is 489. The number of piperidine rings is 1. The number of fused-ring (bicyclic) bond motifs is 1. The molecule has 0 saturated carbocycles. The molecule has 1 aromatic rings. The smallest absolute Gasteiger partial charge is 0.167 e. The van der Waals surface area contributed by atoms with E-state index in [1.54, 1.807) is 0 Å². The number of nitrogens with one attached hydrogen (secondary N) is 1. The van der Waals surface area contributed by atoms with Gasteiger partial charge in [0.05, 0.1) is 0 Å². The lowest BCUT2D eigenvalue weighted by Crippen LogP contribution is -2.56. The lowest BCUT2D eigenvalue weighted by atomic mass is 9.77. The second kappa shape index (κ2) is 4.09. The van der Waals surface area contributed by atoms with Crippen molar-refractivity contribution in [3.05, 3.63) is 29.3 Å². The Kier molecular flexibility index (Phi) is 2.67. The molecule has 2 aliphatic heterocycles. The predicted molar refractivity (Wildman–Crippen MR) is 73.4 cm³/mol. The second-order valence-corrected chi connectivity index (χ2v) is 5.65. The Labute approximate surface area is 108 Å². The van der Waals surface area contributed by atoms with Gasteiger partial charge in [0, 0.05) is 30.3 Å². The average Bonchev–Trinajstić information content (AvgIpc) is 2.37. The van der Waals surface area contributed by atoms with Gasteiger partial charge in [0.25, 0.3) is 0 Å². The monoisotopic (exact) mass is 244 g/mol. The molecule has 0 bridgehead atoms. The number of hydrogen-bond donors (Lipinski definition) is 1. The lowest BCUT2D eigenvalue weighted by Gasteiger charge is -2.49. The van der Waals surface area contributed by atoms with Gasteiger partial charge in [-0.2, -0.15) is 0 Å². The van der Waals surface area contributed by atoms with E-state index in [1.165, 1.54) is 0 Å². The van der Waals surface area contributed by atoms with E-state index >= 15 is 0 Å². The number of carbonyl (C=O) groups is 1. The van der Waals surface area contributed by atoms with E-state index in [-0.39, 0.29) is 5.54 Å². The van der Waals surface area contributed by atoms with Crippen LogP contribution in [0.15, 0.2) is 18.2 Å². The highest BCUT2D eigenvalue weighted by molar-refractivity contribution is 6.04. The van der Waals surface area contributed by atoms with E-state index < -0.39 is 0 Å². The molecule has 1 spiro atoms. The predicted octanol–water partition coefficient (Wildman–Crippen LogP) is 2.14. The van der Waals surface area contributed by atoms with Gasteiger partial charge in [-0.1, -0.05) is 11.6 Å². The first kappa shape index (κ1) is 11.7. The van der Waals surface area contributed by atoms with Crippen LogP contribution >= 0.6 is 0 Å². The molecule has 3 heteroatoms. The summed E-state index contributed by atoms with van der Waals surface area (Å²) in [5, 5.41) is 3.39. The fourth-order valence-corrected chi connectivity index (χ4v) is 3.34. The van der Waals surface area contributed by atoms with Gasteiger partial charge in [0.2, 0.25) is 0 Å². The number of ketones is 1. The maximum absolute atomic E-state index is 12.4. The third-order valence-corrected chi connectivity index (χ3v) is 4.55. The highest BCUT2D eigenvalue weighted by Crippen LogP contribution is 2.40. The molecular formula is C15H20N2O. The van der Waals surface area contributed by atoms with Crippen molar-refractivity contribution in [3.8, 4) is 0 Å². The third-order valence-electron chi connectivity index (χ3n) is 4.55. The van der Waals surface area contributed by atoms with Crippen molar-refractivity contribution in [2.24, 2.45) is 0 Å². The molecule has 1 saturated heterocycles. The zero-order valence-corrected chi connectivity index (χ0v) is 11.1. The molecule has 96 valence electrons. The molecule has 1 fully saturated rings. The average molecular weight is 244 g/mol. The van der Waals surface area contributed by atoms with Gasteiger partial charge in [0.1, 0.15) is 0 Å². The van der Waals surface area contributed by atoms with Crippen LogP contribution in [0.3, 0.4) is 0 Å². The number of nitrogens with zero attached hydrogens (tertiary/aromatic N) is 1. The van der Waals surface area contributed by atoms with Crippen LogP contribution in [-0.4, -0.2) is 31.5 Å². The van der Waals surface area contributed by atoms with Crippen LogP contribution in [0.25, 0.3) is 0 Å². The highest BCUT2D eigenvalue weighted by Gasteiger charge is 2.42. The van der Waals surface area contributed by atoms with Gasteiger partial charge in [0.15, 0.2) is 5.78 Å². The minimum absolute atomic E-state index is 0.0462. The summed E-state index contributed by atoms with van der Waals surface area (Å²) in [6, 6.07) is 6.23. The molecular weight excluding hydrogens is 224 g/mol. The normalized spacial score (nSPS) is 22.1. The van der Waals surface area contributed by atoms with Gasteiger partial charge in [-0.05, 0) is 45.0 Å². The van der Waals surface area contributed by atoms with Gasteiger partial charge in [-0.15, -0.1) is 0 Å². The summed E-state index contributed by atoms with van der Waals surface area (Å²) >= 11 is 0. The first-order valence-corrected chi connectivity index (χ1v) is 6.71. The van der Waals surface area contributed by atoms with Crippen molar-refractivity contribution in [2.45, 2.75) is 31.7 Å². The van der Waals surface area contributed by atoms with Crippen molar-refractivity contribution in [1.82, 2.24) is 5.32 Å². The van der Waals surface area contributed by atoms with Crippen LogP contribution < -0.4 is 10.2 Å². The number of aryl methyl sites for hydroxylation is 1. The number of hydrogen-bond acceptors (Lipinski definition) is 3. The summed E-state index contributed by atoms with van der Waals surface area (Å²) < 4.78 is 0. The molecule has 0 aromatic heterocycles. The molecule has 3 nitrogen and oxygen atoms in total. The summed E-state index contributed by atoms with van der Waals surface area (Å²) in [4.78, 5) is 14.8. The Morgan fingerprint density at radius 2 is 2.00 bits per heavy atom. The van der Waals surface area contributed by atoms with Crippen molar-refractivity contribution in [2.75, 3.05) is 25.0 Å². The first-order chi connectivity index (χ1) is 8.62. The minimum atomic E-state index is 0.0462. The quantitative estimate of drug-likeness (QED) is 0.759. The van der Waals surface area contributed by atoms with Crippen LogP contribution in [0.4, 0.5) is 5.69 Å². The van der Waals surface area contributed by atoms with Gasteiger partial charge >= 0.3 is 0 Å². The first-order valence-electron chi connectivity index (χ1n) is 6.71. The van der Waals surface area contributed by atoms with Gasteiger partial charge in [-0.25, -0.2) is 0 Å². The molecule has 2 heterocycles. The SMILES string of the molecule is Cc1ccc2c(c1)C(=O)CC1(CCNCC1)N2C. The number of anilines is 1. The van der Waals surface area contributed by atoms with Gasteiger partial charge < -0.3 is 10.2 Å². The van der Waals surface area contributed by atoms with Crippen LogP contribution in [-0.2, 0) is 0 Å². The van der Waals surface area contributed by atoms with Crippen LogP contribution in [0.5, 0.6) is 0 Å². The number of Topliss-reactive ketones (excluding diaryl/α,β-unsaturated/α-hetero) is 1. The van der Waals surface area contributed by atoms with E-state index in [9.17, 15) is 4.79 Å². The molecule has 1 aromatic carbocycles. The number of benzene rings is 1. The van der Waals surface area contributed by atoms with Crippen LogP contribution in [0.2, 0.25) is 0 Å². The zero-order chi connectivity index (χ0) is 12.8. The van der Waals surface area contributed by atoms with E-state index in [0.717, 1.165) is 42.7 Å². The third kappa shape index (κ3) is 1.65. The second-order valence-electron chi connectivity index (χ2n) is 5.65. The Morgan fingerprint density at radius 1 is 1.28 bits per heavy atom. The Morgan fingerprint density at radius 3 is 2.72 bits per heavy atom. The molecule has 1 N–H and O–H groups in total. The van der Waals surface area contributed by atoms with E-state index in [0.29, 0.717) is 12.2 Å². The Balaban J connectivity index is 2.06. The molecule has 2 aliphatic rings. The summed E-state index contributed by atoms with van der Waals surface area (Å²) in [6.07, 6.45) is 2.78. The summed E-state index contributed by atoms with van der Waals surface area (Å²) in [6.45, 7) is 4.07. The van der Waals surface area contributed by atoms with E-state index in [1.807, 2.05) is 13.0 Å².